The highest BCUT2D eigenvalue weighted by molar-refractivity contribution is 7.92. The van der Waals surface area contributed by atoms with Gasteiger partial charge in [0.05, 0.1) is 32.3 Å². The molecule has 0 amide bonds. The fraction of sp³-hybridized carbons (Fsp3) is 0.375. The number of methoxy groups -OCH3 is 3. The first-order valence-electron chi connectivity index (χ1n) is 10.9. The molecule has 0 radical (unpaired) electrons. The largest absolute Gasteiger partial charge is 0.493 e. The van der Waals surface area contributed by atoms with Crippen LogP contribution in [0.5, 0.6) is 17.2 Å². The highest BCUT2D eigenvalue weighted by Gasteiger charge is 2.35. The zero-order valence-electron chi connectivity index (χ0n) is 19.6. The maximum absolute atomic E-state index is 14.1. The Balaban J connectivity index is 1.45. The lowest BCUT2D eigenvalue weighted by atomic mass is 10.1. The molecule has 7 nitrogen and oxygen atoms in total. The first-order valence-corrected chi connectivity index (χ1v) is 13.4. The van der Waals surface area contributed by atoms with Gasteiger partial charge in [0.1, 0.15) is 16.5 Å². The fourth-order valence-electron chi connectivity index (χ4n) is 4.25. The third-order valence-electron chi connectivity index (χ3n) is 6.00. The summed E-state index contributed by atoms with van der Waals surface area (Å²) in [5, 5.41) is 1.89. The molecule has 0 saturated carbocycles. The molecule has 0 bridgehead atoms. The summed E-state index contributed by atoms with van der Waals surface area (Å²) in [7, 11) is 0.562. The third-order valence-corrected chi connectivity index (χ3v) is 9.26. The van der Waals surface area contributed by atoms with Crippen LogP contribution in [0.2, 0.25) is 0 Å². The molecule has 1 fully saturated rings. The van der Waals surface area contributed by atoms with Crippen LogP contribution in [0.1, 0.15) is 24.1 Å². The minimum Gasteiger partial charge on any atom is -0.493 e. The predicted molar refractivity (Wildman–Crippen MR) is 130 cm³/mol. The lowest BCUT2D eigenvalue weighted by Gasteiger charge is -2.31. The Hall–Kier alpha value is -2.92. The normalized spacial score (nSPS) is 14.7. The van der Waals surface area contributed by atoms with Crippen LogP contribution in [-0.4, -0.2) is 53.1 Å². The van der Waals surface area contributed by atoms with E-state index in [1.165, 1.54) is 11.3 Å². The van der Waals surface area contributed by atoms with Crippen molar-refractivity contribution in [1.29, 1.82) is 0 Å². The Kier molecular flexibility index (Phi) is 7.46. The number of nitrogens with zero attached hydrogens (tertiary/aromatic N) is 2. The molecular weight excluding hydrogens is 498 g/mol. The van der Waals surface area contributed by atoms with Crippen molar-refractivity contribution in [2.24, 2.45) is 0 Å². The van der Waals surface area contributed by atoms with Gasteiger partial charge in [-0.3, -0.25) is 0 Å². The Bertz CT molecular complexity index is 1260. The van der Waals surface area contributed by atoms with Gasteiger partial charge in [0.2, 0.25) is 5.75 Å². The maximum atomic E-state index is 14.1. The molecular formula is C24H26F2N2O5S2. The highest BCUT2D eigenvalue weighted by atomic mass is 32.2. The van der Waals surface area contributed by atoms with Crippen molar-refractivity contribution in [3.8, 4) is 17.2 Å². The van der Waals surface area contributed by atoms with E-state index in [1.54, 1.807) is 21.3 Å². The SMILES string of the molecule is COc1cc(Cc2csc(N3CCC(S(=O)(=O)c4c(F)cccc4F)CC3)n2)cc(OC)c1OC. The van der Waals surface area contributed by atoms with Gasteiger partial charge >= 0.3 is 0 Å². The molecule has 2 heterocycles. The second-order valence-corrected chi connectivity index (χ2v) is 11.1. The van der Waals surface area contributed by atoms with Crippen LogP contribution in [0.15, 0.2) is 40.6 Å². The Morgan fingerprint density at radius 1 is 1.03 bits per heavy atom. The van der Waals surface area contributed by atoms with Crippen LogP contribution in [-0.2, 0) is 16.3 Å². The van der Waals surface area contributed by atoms with E-state index in [1.807, 2.05) is 22.4 Å². The van der Waals surface area contributed by atoms with E-state index in [-0.39, 0.29) is 12.8 Å². The predicted octanol–water partition coefficient (Wildman–Crippen LogP) is 4.48. The molecule has 35 heavy (non-hydrogen) atoms. The molecule has 1 aromatic heterocycles. The van der Waals surface area contributed by atoms with E-state index < -0.39 is 31.6 Å². The zero-order valence-corrected chi connectivity index (χ0v) is 21.2. The van der Waals surface area contributed by atoms with Gasteiger partial charge < -0.3 is 19.1 Å². The van der Waals surface area contributed by atoms with Gasteiger partial charge in [-0.25, -0.2) is 22.2 Å². The number of ether oxygens (including phenoxy) is 3. The molecule has 0 unspecified atom stereocenters. The van der Waals surface area contributed by atoms with E-state index in [2.05, 4.69) is 0 Å². The van der Waals surface area contributed by atoms with Crippen LogP contribution in [0.3, 0.4) is 0 Å². The third kappa shape index (κ3) is 5.06. The molecule has 11 heteroatoms. The first-order chi connectivity index (χ1) is 16.8. The Morgan fingerprint density at radius 3 is 2.17 bits per heavy atom. The van der Waals surface area contributed by atoms with Crippen LogP contribution in [0.25, 0.3) is 0 Å². The lowest BCUT2D eigenvalue weighted by molar-refractivity contribution is 0.324. The monoisotopic (exact) mass is 524 g/mol. The molecule has 1 saturated heterocycles. The van der Waals surface area contributed by atoms with Gasteiger partial charge in [-0.2, -0.15) is 0 Å². The van der Waals surface area contributed by atoms with E-state index in [0.717, 1.165) is 34.6 Å². The van der Waals surface area contributed by atoms with E-state index >= 15 is 0 Å². The summed E-state index contributed by atoms with van der Waals surface area (Å²) in [5.74, 6) is -0.461. The molecule has 2 aromatic carbocycles. The number of rotatable bonds is 8. The summed E-state index contributed by atoms with van der Waals surface area (Å²) >= 11 is 1.47. The number of sulfone groups is 1. The van der Waals surface area contributed by atoms with Gasteiger partial charge in [0.15, 0.2) is 26.5 Å². The van der Waals surface area contributed by atoms with Crippen molar-refractivity contribution in [1.82, 2.24) is 4.98 Å². The van der Waals surface area contributed by atoms with Crippen molar-refractivity contribution in [2.45, 2.75) is 29.4 Å². The number of anilines is 1. The summed E-state index contributed by atoms with van der Waals surface area (Å²) < 4.78 is 70.2. The zero-order chi connectivity index (χ0) is 25.2. The van der Waals surface area contributed by atoms with Gasteiger partial charge in [-0.1, -0.05) is 6.07 Å². The van der Waals surface area contributed by atoms with Crippen molar-refractivity contribution >= 4 is 26.3 Å². The van der Waals surface area contributed by atoms with Crippen molar-refractivity contribution in [3.05, 3.63) is 58.6 Å². The molecule has 1 aliphatic rings. The van der Waals surface area contributed by atoms with Gasteiger partial charge in [0.25, 0.3) is 0 Å². The molecule has 3 aromatic rings. The van der Waals surface area contributed by atoms with E-state index in [4.69, 9.17) is 19.2 Å². The number of aromatic nitrogens is 1. The molecule has 0 aliphatic carbocycles. The number of halogens is 2. The molecule has 0 spiro atoms. The average Bonchev–Trinajstić information content (AvgIpc) is 3.31. The maximum Gasteiger partial charge on any atom is 0.203 e. The smallest absolute Gasteiger partial charge is 0.203 e. The summed E-state index contributed by atoms with van der Waals surface area (Å²) in [5.41, 5.74) is 1.79. The molecule has 1 aliphatic heterocycles. The summed E-state index contributed by atoms with van der Waals surface area (Å²) in [6.45, 7) is 0.855. The van der Waals surface area contributed by atoms with Gasteiger partial charge in [0, 0.05) is 24.9 Å². The summed E-state index contributed by atoms with van der Waals surface area (Å²) in [6.07, 6.45) is 1.07. The Labute approximate surface area is 207 Å². The molecule has 4 rings (SSSR count). The van der Waals surface area contributed by atoms with Crippen molar-refractivity contribution in [3.63, 3.8) is 0 Å². The standard InChI is InChI=1S/C24H26F2N2O5S2/c1-31-20-12-15(13-21(32-2)22(20)33-3)11-16-14-34-24(27-16)28-9-7-17(8-10-28)35(29,30)23-18(25)5-4-6-19(23)26/h4-6,12-14,17H,7-11H2,1-3H3. The van der Waals surface area contributed by atoms with Crippen LogP contribution in [0, 0.1) is 11.6 Å². The Morgan fingerprint density at radius 2 is 1.63 bits per heavy atom. The topological polar surface area (TPSA) is 78.0 Å². The van der Waals surface area contributed by atoms with Crippen LogP contribution < -0.4 is 19.1 Å². The number of hydrogen-bond acceptors (Lipinski definition) is 8. The van der Waals surface area contributed by atoms with Gasteiger partial charge in [-0.05, 0) is 42.7 Å². The molecule has 0 N–H and O–H groups in total. The fourth-order valence-corrected chi connectivity index (χ4v) is 6.97. The number of benzene rings is 2. The number of piperidine rings is 1. The van der Waals surface area contributed by atoms with E-state index in [0.29, 0.717) is 36.8 Å². The minimum absolute atomic E-state index is 0.262. The first kappa shape index (κ1) is 25.2. The summed E-state index contributed by atoms with van der Waals surface area (Å²) in [6, 6.07) is 6.84. The number of hydrogen-bond donors (Lipinski definition) is 0. The second-order valence-electron chi connectivity index (χ2n) is 8.11. The van der Waals surface area contributed by atoms with E-state index in [9.17, 15) is 17.2 Å². The summed E-state index contributed by atoms with van der Waals surface area (Å²) in [4.78, 5) is 5.89. The van der Waals surface area contributed by atoms with Crippen molar-refractivity contribution < 1.29 is 31.4 Å². The minimum atomic E-state index is -4.11. The average molecular weight is 525 g/mol. The molecule has 188 valence electrons. The number of thiazole rings is 1. The highest BCUT2D eigenvalue weighted by Crippen LogP contribution is 2.39. The van der Waals surface area contributed by atoms with Gasteiger partial charge in [-0.15, -0.1) is 11.3 Å². The van der Waals surface area contributed by atoms with Crippen molar-refractivity contribution in [2.75, 3.05) is 39.3 Å². The second kappa shape index (κ2) is 10.4. The molecule has 0 atom stereocenters. The van der Waals surface area contributed by atoms with Crippen LogP contribution >= 0.6 is 11.3 Å². The van der Waals surface area contributed by atoms with Crippen LogP contribution in [0.4, 0.5) is 13.9 Å². The quantitative estimate of drug-likeness (QED) is 0.430. The lowest BCUT2D eigenvalue weighted by Crippen LogP contribution is -2.39.